The van der Waals surface area contributed by atoms with Crippen LogP contribution < -0.4 is 12.3 Å². The van der Waals surface area contributed by atoms with Gasteiger partial charge in [0.2, 0.25) is 0 Å². The highest BCUT2D eigenvalue weighted by atomic mass is 32.3. The van der Waals surface area contributed by atoms with Crippen molar-refractivity contribution in [3.05, 3.63) is 12.2 Å². The second kappa shape index (κ2) is 8.61. The topological polar surface area (TPSA) is 241 Å². The van der Waals surface area contributed by atoms with Gasteiger partial charge in [0.25, 0.3) is 0 Å². The molecule has 19 heavy (non-hydrogen) atoms. The second-order valence-corrected chi connectivity index (χ2v) is 4.05. The SMILES string of the molecule is N.N.O=C1C=CC(=O)O1.O=S(=O)(O)OOS(=O)(=O)O. The van der Waals surface area contributed by atoms with Crippen molar-refractivity contribution >= 4 is 32.7 Å². The van der Waals surface area contributed by atoms with Gasteiger partial charge in [0, 0.05) is 12.2 Å². The zero-order valence-electron chi connectivity index (χ0n) is 8.95. The van der Waals surface area contributed by atoms with Crippen molar-refractivity contribution in [2.24, 2.45) is 0 Å². The third-order valence-electron chi connectivity index (χ3n) is 0.756. The van der Waals surface area contributed by atoms with E-state index in [-0.39, 0.29) is 12.3 Å². The van der Waals surface area contributed by atoms with Gasteiger partial charge in [0.05, 0.1) is 0 Å². The molecule has 0 atom stereocenters. The Balaban J connectivity index is -0.000000253. The van der Waals surface area contributed by atoms with Crippen molar-refractivity contribution in [1.82, 2.24) is 12.3 Å². The molecule has 13 nitrogen and oxygen atoms in total. The minimum absolute atomic E-state index is 0. The van der Waals surface area contributed by atoms with Gasteiger partial charge in [-0.1, -0.05) is 8.67 Å². The van der Waals surface area contributed by atoms with E-state index < -0.39 is 32.7 Å². The molecule has 114 valence electrons. The Bertz CT molecular complexity index is 483. The van der Waals surface area contributed by atoms with Gasteiger partial charge in [-0.25, -0.2) is 9.59 Å². The fourth-order valence-electron chi connectivity index (χ4n) is 0.373. The van der Waals surface area contributed by atoms with Crippen molar-refractivity contribution < 1.29 is 48.9 Å². The minimum Gasteiger partial charge on any atom is -0.387 e. The van der Waals surface area contributed by atoms with E-state index in [0.717, 1.165) is 12.2 Å². The molecule has 15 heteroatoms. The summed E-state index contributed by atoms with van der Waals surface area (Å²) in [5.74, 6) is -1.16. The highest BCUT2D eigenvalue weighted by Crippen LogP contribution is 1.93. The number of esters is 2. The molecule has 0 aromatic carbocycles. The predicted octanol–water partition coefficient (Wildman–Crippen LogP) is -1.51. The Morgan fingerprint density at radius 1 is 0.842 bits per heavy atom. The van der Waals surface area contributed by atoms with E-state index in [0.29, 0.717) is 0 Å². The van der Waals surface area contributed by atoms with E-state index in [1.165, 1.54) is 0 Å². The number of hydrogen-bond donors (Lipinski definition) is 4. The summed E-state index contributed by atoms with van der Waals surface area (Å²) in [4.78, 5) is 19.8. The molecule has 0 aliphatic carbocycles. The van der Waals surface area contributed by atoms with Gasteiger partial charge in [0.15, 0.2) is 0 Å². The summed E-state index contributed by atoms with van der Waals surface area (Å²) >= 11 is 0. The lowest BCUT2D eigenvalue weighted by atomic mass is 10.6. The molecule has 0 aromatic heterocycles. The normalized spacial score (nSPS) is 13.6. The van der Waals surface area contributed by atoms with Gasteiger partial charge in [-0.3, -0.25) is 9.11 Å². The largest absolute Gasteiger partial charge is 0.425 e. The summed E-state index contributed by atoms with van der Waals surface area (Å²) in [6.07, 6.45) is 2.17. The van der Waals surface area contributed by atoms with Crippen LogP contribution in [0.5, 0.6) is 0 Å². The molecule has 1 aliphatic heterocycles. The van der Waals surface area contributed by atoms with Gasteiger partial charge in [-0.2, -0.15) is 16.8 Å². The first-order valence-electron chi connectivity index (χ1n) is 3.26. The lowest BCUT2D eigenvalue weighted by Gasteiger charge is -1.92. The van der Waals surface area contributed by atoms with Gasteiger partial charge in [0.1, 0.15) is 0 Å². The van der Waals surface area contributed by atoms with Crippen LogP contribution in [0.25, 0.3) is 0 Å². The van der Waals surface area contributed by atoms with Crippen molar-refractivity contribution in [1.29, 1.82) is 0 Å². The number of carbonyl (C=O) groups excluding carboxylic acids is 2. The maximum absolute atomic E-state index is 9.92. The number of cyclic esters (lactones) is 2. The van der Waals surface area contributed by atoms with Crippen LogP contribution >= 0.6 is 0 Å². The highest BCUT2D eigenvalue weighted by Gasteiger charge is 2.13. The Kier molecular flexibility index (Phi) is 10.3. The van der Waals surface area contributed by atoms with Crippen LogP contribution in [-0.4, -0.2) is 37.9 Å². The van der Waals surface area contributed by atoms with E-state index in [1.807, 2.05) is 0 Å². The van der Waals surface area contributed by atoms with Crippen LogP contribution in [0, 0.1) is 0 Å². The summed E-state index contributed by atoms with van der Waals surface area (Å²) < 4.78 is 62.8. The summed E-state index contributed by atoms with van der Waals surface area (Å²) in [6.45, 7) is 0. The monoisotopic (exact) mass is 326 g/mol. The average molecular weight is 326 g/mol. The first-order chi connectivity index (χ1) is 7.49. The maximum atomic E-state index is 9.92. The van der Waals surface area contributed by atoms with E-state index in [2.05, 4.69) is 13.4 Å². The molecule has 1 rings (SSSR count). The molecule has 8 N–H and O–H groups in total. The summed E-state index contributed by atoms with van der Waals surface area (Å²) in [5, 5.41) is 0. The number of carbonyl (C=O) groups is 2. The Labute approximate surface area is 107 Å². The zero-order chi connectivity index (χ0) is 13.7. The lowest BCUT2D eigenvalue weighted by Crippen LogP contribution is -2.10. The van der Waals surface area contributed by atoms with E-state index in [9.17, 15) is 26.4 Å². The smallest absolute Gasteiger partial charge is 0.387 e. The van der Waals surface area contributed by atoms with Gasteiger partial charge in [-0.05, 0) is 0 Å². The molecule has 0 radical (unpaired) electrons. The summed E-state index contributed by atoms with van der Waals surface area (Å²) in [6, 6.07) is 0. The van der Waals surface area contributed by atoms with Crippen LogP contribution in [0.15, 0.2) is 12.2 Å². The standard InChI is InChI=1S/C4H2O3.2H3N.H2O8S2/c5-3-1-2-4(6)7-3;;;1-9(2,3)7-8-10(4,5)6/h1-2H;2*1H3;(H,1,2,3)(H,4,5,6). The average Bonchev–Trinajstić information content (AvgIpc) is 2.45. The van der Waals surface area contributed by atoms with Gasteiger partial charge < -0.3 is 17.0 Å². The molecule has 0 fully saturated rings. The van der Waals surface area contributed by atoms with Crippen LogP contribution in [0.2, 0.25) is 0 Å². The van der Waals surface area contributed by atoms with Gasteiger partial charge >= 0.3 is 32.7 Å². The molecular formula is C4H10N2O11S2. The fraction of sp³-hybridized carbons (Fsp3) is 0. The zero-order valence-corrected chi connectivity index (χ0v) is 10.6. The quantitative estimate of drug-likeness (QED) is 0.152. The molecule has 1 heterocycles. The van der Waals surface area contributed by atoms with E-state index in [1.54, 1.807) is 0 Å². The first-order valence-corrected chi connectivity index (χ1v) is 5.99. The van der Waals surface area contributed by atoms with Crippen molar-refractivity contribution in [3.63, 3.8) is 0 Å². The fourth-order valence-corrected chi connectivity index (χ4v) is 0.935. The third kappa shape index (κ3) is 16.5. The Morgan fingerprint density at radius 2 is 1.11 bits per heavy atom. The molecule has 0 saturated heterocycles. The number of hydrogen-bond acceptors (Lipinski definition) is 11. The minimum atomic E-state index is -5.02. The molecule has 1 aliphatic rings. The predicted molar refractivity (Wildman–Crippen MR) is 55.6 cm³/mol. The second-order valence-electron chi connectivity index (χ2n) is 2.07. The summed E-state index contributed by atoms with van der Waals surface area (Å²) in [5.41, 5.74) is 0. The van der Waals surface area contributed by atoms with Crippen molar-refractivity contribution in [3.8, 4) is 0 Å². The van der Waals surface area contributed by atoms with Crippen LogP contribution in [0.3, 0.4) is 0 Å². The number of rotatable bonds is 3. The van der Waals surface area contributed by atoms with Gasteiger partial charge in [-0.15, -0.1) is 0 Å². The Morgan fingerprint density at radius 3 is 1.21 bits per heavy atom. The first kappa shape index (κ1) is 22.7. The van der Waals surface area contributed by atoms with Crippen molar-refractivity contribution in [2.75, 3.05) is 0 Å². The van der Waals surface area contributed by atoms with E-state index in [4.69, 9.17) is 9.11 Å². The number of ether oxygens (including phenoxy) is 1. The maximum Gasteiger partial charge on any atom is 0.425 e. The van der Waals surface area contributed by atoms with Crippen LogP contribution in [0.4, 0.5) is 0 Å². The molecule has 0 bridgehead atoms. The molecule has 0 unspecified atom stereocenters. The molecule has 0 amide bonds. The Hall–Kier alpha value is -1.46. The van der Waals surface area contributed by atoms with Crippen LogP contribution in [-0.2, 0) is 43.8 Å². The molecule has 0 saturated carbocycles. The van der Waals surface area contributed by atoms with E-state index >= 15 is 0 Å². The molecular weight excluding hydrogens is 316 g/mol. The van der Waals surface area contributed by atoms with Crippen LogP contribution in [0.1, 0.15) is 0 Å². The van der Waals surface area contributed by atoms with Crippen molar-refractivity contribution in [2.45, 2.75) is 0 Å². The highest BCUT2D eigenvalue weighted by molar-refractivity contribution is 7.83. The molecule has 0 spiro atoms. The lowest BCUT2D eigenvalue weighted by molar-refractivity contribution is -0.150. The molecule has 0 aromatic rings. The summed E-state index contributed by atoms with van der Waals surface area (Å²) in [7, 11) is -10.0. The third-order valence-corrected chi connectivity index (χ3v) is 1.32.